The quantitative estimate of drug-likeness (QED) is 0.715. The first-order chi connectivity index (χ1) is 11.0. The van der Waals surface area contributed by atoms with Gasteiger partial charge in [0.2, 0.25) is 0 Å². The summed E-state index contributed by atoms with van der Waals surface area (Å²) < 4.78 is 28.5. The maximum absolute atomic E-state index is 11.5. The third-order valence-electron chi connectivity index (χ3n) is 4.49. The van der Waals surface area contributed by atoms with Crippen LogP contribution in [0.25, 0.3) is 0 Å². The molecule has 0 saturated carbocycles. The Balaban J connectivity index is 1.57. The summed E-state index contributed by atoms with van der Waals surface area (Å²) in [6, 6.07) is 7.32. The van der Waals surface area contributed by atoms with Crippen molar-refractivity contribution in [3.63, 3.8) is 0 Å². The lowest BCUT2D eigenvalue weighted by molar-refractivity contribution is 0.182. The van der Waals surface area contributed by atoms with Crippen molar-refractivity contribution in [3.05, 3.63) is 29.8 Å². The molecule has 3 rings (SSSR count). The third-order valence-corrected chi connectivity index (χ3v) is 5.62. The molecule has 0 radical (unpaired) electrons. The highest BCUT2D eigenvalue weighted by molar-refractivity contribution is 7.90. The van der Waals surface area contributed by atoms with Gasteiger partial charge >= 0.3 is 0 Å². The Morgan fingerprint density at radius 1 is 1.26 bits per heavy atom. The number of nitrogens with one attached hydrogen (secondary N) is 3. The number of piperazine rings is 1. The fourth-order valence-corrected chi connectivity index (χ4v) is 3.71. The number of benzene rings is 1. The zero-order valence-electron chi connectivity index (χ0n) is 13.4. The van der Waals surface area contributed by atoms with Gasteiger partial charge in [0.05, 0.1) is 17.7 Å². The average Bonchev–Trinajstić information content (AvgIpc) is 3.06. The van der Waals surface area contributed by atoms with E-state index in [4.69, 9.17) is 4.74 Å². The minimum absolute atomic E-state index is 0.176. The zero-order chi connectivity index (χ0) is 16.3. The van der Waals surface area contributed by atoms with E-state index >= 15 is 0 Å². The smallest absolute Gasteiger partial charge is 0.175 e. The van der Waals surface area contributed by atoms with Crippen LogP contribution in [-0.4, -0.2) is 53.7 Å². The molecule has 6 nitrogen and oxygen atoms in total. The molecule has 0 amide bonds. The maximum Gasteiger partial charge on any atom is 0.175 e. The normalized spacial score (nSPS) is 28.8. The van der Waals surface area contributed by atoms with Gasteiger partial charge in [-0.25, -0.2) is 8.42 Å². The van der Waals surface area contributed by atoms with Gasteiger partial charge in [0.25, 0.3) is 0 Å². The van der Waals surface area contributed by atoms with Crippen LogP contribution in [0.3, 0.4) is 0 Å². The topological polar surface area (TPSA) is 79.5 Å². The molecule has 1 aromatic carbocycles. The van der Waals surface area contributed by atoms with E-state index in [-0.39, 0.29) is 12.2 Å². The van der Waals surface area contributed by atoms with Gasteiger partial charge in [0.15, 0.2) is 9.84 Å². The van der Waals surface area contributed by atoms with Crippen LogP contribution in [0.5, 0.6) is 0 Å². The molecule has 0 bridgehead atoms. The van der Waals surface area contributed by atoms with E-state index in [0.717, 1.165) is 44.8 Å². The fraction of sp³-hybridized carbons (Fsp3) is 0.625. The van der Waals surface area contributed by atoms with Crippen molar-refractivity contribution in [1.82, 2.24) is 16.0 Å². The van der Waals surface area contributed by atoms with E-state index in [1.54, 1.807) is 12.1 Å². The van der Waals surface area contributed by atoms with Crippen molar-refractivity contribution in [3.8, 4) is 0 Å². The summed E-state index contributed by atoms with van der Waals surface area (Å²) in [4.78, 5) is 0.362. The first kappa shape index (κ1) is 16.9. The predicted molar refractivity (Wildman–Crippen MR) is 89.0 cm³/mol. The summed E-state index contributed by atoms with van der Waals surface area (Å²) in [5.74, 6) is 0.603. The van der Waals surface area contributed by atoms with Crippen LogP contribution < -0.4 is 16.0 Å². The van der Waals surface area contributed by atoms with Crippen LogP contribution in [-0.2, 0) is 14.6 Å². The summed E-state index contributed by atoms with van der Waals surface area (Å²) in [6.45, 7) is 4.40. The van der Waals surface area contributed by atoms with E-state index in [0.29, 0.717) is 10.8 Å². The molecule has 2 aliphatic heterocycles. The standard InChI is InChI=1S/C16H25N3O3S/c1-23(20,21)14-4-2-13(3-5-14)15-9-17-10-16(19-15)18-8-12-6-7-22-11-12/h2-5,12,15-19H,6-11H2,1H3. The highest BCUT2D eigenvalue weighted by Gasteiger charge is 2.23. The Kier molecular flexibility index (Phi) is 5.33. The molecule has 2 fully saturated rings. The van der Waals surface area contributed by atoms with Crippen molar-refractivity contribution >= 4 is 9.84 Å². The van der Waals surface area contributed by atoms with Gasteiger partial charge in [0.1, 0.15) is 0 Å². The molecule has 3 unspecified atom stereocenters. The van der Waals surface area contributed by atoms with Gasteiger partial charge in [-0.3, -0.25) is 5.32 Å². The molecular formula is C16H25N3O3S. The molecule has 23 heavy (non-hydrogen) atoms. The molecule has 2 aliphatic rings. The number of ether oxygens (including phenoxy) is 1. The lowest BCUT2D eigenvalue weighted by atomic mass is 10.0. The lowest BCUT2D eigenvalue weighted by Gasteiger charge is -2.33. The largest absolute Gasteiger partial charge is 0.381 e. The van der Waals surface area contributed by atoms with Crippen LogP contribution in [0, 0.1) is 5.92 Å². The number of hydrogen-bond donors (Lipinski definition) is 3. The molecule has 0 aromatic heterocycles. The molecule has 1 aromatic rings. The third kappa shape index (κ3) is 4.51. The van der Waals surface area contributed by atoms with Crippen LogP contribution in [0.1, 0.15) is 18.0 Å². The minimum atomic E-state index is -3.14. The highest BCUT2D eigenvalue weighted by atomic mass is 32.2. The number of rotatable bonds is 5. The monoisotopic (exact) mass is 339 g/mol. The number of hydrogen-bond acceptors (Lipinski definition) is 6. The Bertz CT molecular complexity index is 612. The molecule has 3 atom stereocenters. The predicted octanol–water partition coefficient (Wildman–Crippen LogP) is 0.276. The van der Waals surface area contributed by atoms with Crippen molar-refractivity contribution in [2.75, 3.05) is 39.1 Å². The fourth-order valence-electron chi connectivity index (χ4n) is 3.08. The van der Waals surface area contributed by atoms with Crippen molar-refractivity contribution in [1.29, 1.82) is 0 Å². The van der Waals surface area contributed by atoms with E-state index in [9.17, 15) is 8.42 Å². The van der Waals surface area contributed by atoms with E-state index in [1.807, 2.05) is 12.1 Å². The average molecular weight is 339 g/mol. The molecule has 2 saturated heterocycles. The molecule has 128 valence electrons. The summed E-state index contributed by atoms with van der Waals surface area (Å²) >= 11 is 0. The molecule has 7 heteroatoms. The molecule has 0 aliphatic carbocycles. The SMILES string of the molecule is CS(=O)(=O)c1ccc(C2CNCC(NCC3CCOC3)N2)cc1. The summed E-state index contributed by atoms with van der Waals surface area (Å²) in [7, 11) is -3.14. The van der Waals surface area contributed by atoms with Crippen LogP contribution in [0.2, 0.25) is 0 Å². The summed E-state index contributed by atoms with van der Waals surface area (Å²) in [6.07, 6.45) is 2.57. The maximum atomic E-state index is 11.5. The Morgan fingerprint density at radius 3 is 2.70 bits per heavy atom. The Hall–Kier alpha value is -0.990. The summed E-state index contributed by atoms with van der Waals surface area (Å²) in [5.41, 5.74) is 1.10. The molecule has 0 spiro atoms. The zero-order valence-corrected chi connectivity index (χ0v) is 14.2. The van der Waals surface area contributed by atoms with Crippen LogP contribution >= 0.6 is 0 Å². The minimum Gasteiger partial charge on any atom is -0.381 e. The lowest BCUT2D eigenvalue weighted by Crippen LogP contribution is -2.57. The van der Waals surface area contributed by atoms with Crippen molar-refractivity contribution in [2.24, 2.45) is 5.92 Å². The van der Waals surface area contributed by atoms with E-state index in [2.05, 4.69) is 16.0 Å². The molecular weight excluding hydrogens is 314 g/mol. The molecule has 2 heterocycles. The van der Waals surface area contributed by atoms with Gasteiger partial charge in [-0.15, -0.1) is 0 Å². The van der Waals surface area contributed by atoms with Crippen LogP contribution in [0.15, 0.2) is 29.2 Å². The first-order valence-corrected chi connectivity index (χ1v) is 9.99. The van der Waals surface area contributed by atoms with Gasteiger partial charge in [-0.05, 0) is 30.0 Å². The Morgan fingerprint density at radius 2 is 2.04 bits per heavy atom. The van der Waals surface area contributed by atoms with E-state index < -0.39 is 9.84 Å². The van der Waals surface area contributed by atoms with Gasteiger partial charge in [-0.1, -0.05) is 12.1 Å². The van der Waals surface area contributed by atoms with E-state index in [1.165, 1.54) is 6.26 Å². The summed E-state index contributed by atoms with van der Waals surface area (Å²) in [5, 5.41) is 10.6. The number of sulfone groups is 1. The van der Waals surface area contributed by atoms with Gasteiger partial charge in [0, 0.05) is 38.5 Å². The first-order valence-electron chi connectivity index (χ1n) is 8.10. The Labute approximate surface area is 137 Å². The second-order valence-electron chi connectivity index (χ2n) is 6.41. The second kappa shape index (κ2) is 7.27. The van der Waals surface area contributed by atoms with Crippen molar-refractivity contribution < 1.29 is 13.2 Å². The van der Waals surface area contributed by atoms with Gasteiger partial charge < -0.3 is 15.4 Å². The molecule has 3 N–H and O–H groups in total. The highest BCUT2D eigenvalue weighted by Crippen LogP contribution is 2.18. The van der Waals surface area contributed by atoms with Gasteiger partial charge in [-0.2, -0.15) is 0 Å². The second-order valence-corrected chi connectivity index (χ2v) is 8.42. The van der Waals surface area contributed by atoms with Crippen molar-refractivity contribution in [2.45, 2.75) is 23.5 Å². The van der Waals surface area contributed by atoms with Crippen LogP contribution in [0.4, 0.5) is 0 Å².